The number of carbonyl (C=O) groups is 1. The molecule has 0 fully saturated rings. The number of nitrogens with one attached hydrogen (secondary N) is 1. The molecule has 5 nitrogen and oxygen atoms in total. The summed E-state index contributed by atoms with van der Waals surface area (Å²) in [5.74, 6) is -0.378. The smallest absolute Gasteiger partial charge is 0.137 e. The van der Waals surface area contributed by atoms with Gasteiger partial charge in [0.05, 0.1) is 17.5 Å². The predicted octanol–water partition coefficient (Wildman–Crippen LogP) is 1.97. The van der Waals surface area contributed by atoms with Crippen LogP contribution in [0.5, 0.6) is 0 Å². The van der Waals surface area contributed by atoms with Crippen molar-refractivity contribution in [2.45, 2.75) is 26.3 Å². The minimum Gasteiger partial charge on any atom is -0.548 e. The Hall–Kier alpha value is -1.69. The average molecular weight is 337 g/mol. The van der Waals surface area contributed by atoms with E-state index in [0.717, 1.165) is 15.4 Å². The number of hydrogen-bond acceptors (Lipinski definition) is 5. The third kappa shape index (κ3) is 3.45. The highest BCUT2D eigenvalue weighted by atomic mass is 79.9. The molecule has 1 aromatic carbocycles. The van der Waals surface area contributed by atoms with Gasteiger partial charge in [0.25, 0.3) is 0 Å². The molecule has 6 heteroatoms. The molecule has 1 heterocycles. The first kappa shape index (κ1) is 14.7. The first-order valence-electron chi connectivity index (χ1n) is 6.35. The van der Waals surface area contributed by atoms with E-state index in [1.165, 1.54) is 6.33 Å². The van der Waals surface area contributed by atoms with Gasteiger partial charge in [-0.25, -0.2) is 9.97 Å². The van der Waals surface area contributed by atoms with Crippen LogP contribution in [-0.4, -0.2) is 22.0 Å². The van der Waals surface area contributed by atoms with E-state index < -0.39 is 12.0 Å². The van der Waals surface area contributed by atoms with Crippen LogP contribution in [0, 0.1) is 5.92 Å². The molecule has 106 valence electrons. The van der Waals surface area contributed by atoms with E-state index in [9.17, 15) is 9.90 Å². The first-order chi connectivity index (χ1) is 9.47. The van der Waals surface area contributed by atoms with E-state index >= 15 is 0 Å². The number of carbonyl (C=O) groups excluding carboxylic acids is 1. The first-order valence-corrected chi connectivity index (χ1v) is 7.14. The monoisotopic (exact) mass is 336 g/mol. The number of hydrogen-bond donors (Lipinski definition) is 1. The largest absolute Gasteiger partial charge is 0.548 e. The molecule has 1 N–H and O–H groups in total. The molecule has 0 aliphatic rings. The maximum atomic E-state index is 11.2. The molecular formula is C14H15BrN3O2-. The third-order valence-electron chi connectivity index (χ3n) is 2.90. The summed E-state index contributed by atoms with van der Waals surface area (Å²) in [7, 11) is 0. The third-order valence-corrected chi connectivity index (χ3v) is 3.39. The second-order valence-corrected chi connectivity index (χ2v) is 5.94. The summed E-state index contributed by atoms with van der Waals surface area (Å²) in [4.78, 5) is 19.5. The molecule has 1 atom stereocenters. The van der Waals surface area contributed by atoms with Gasteiger partial charge in [-0.15, -0.1) is 0 Å². The fourth-order valence-electron chi connectivity index (χ4n) is 1.99. The second kappa shape index (κ2) is 6.17. The zero-order valence-corrected chi connectivity index (χ0v) is 12.8. The van der Waals surface area contributed by atoms with Gasteiger partial charge in [0.1, 0.15) is 12.1 Å². The highest BCUT2D eigenvalue weighted by Crippen LogP contribution is 2.24. The van der Waals surface area contributed by atoms with E-state index in [-0.39, 0.29) is 5.92 Å². The van der Waals surface area contributed by atoms with Crippen LogP contribution in [0.15, 0.2) is 29.0 Å². The molecule has 2 rings (SSSR count). The zero-order valence-electron chi connectivity index (χ0n) is 11.3. The van der Waals surface area contributed by atoms with Crippen molar-refractivity contribution in [1.29, 1.82) is 0 Å². The molecule has 0 aliphatic heterocycles. The summed E-state index contributed by atoms with van der Waals surface area (Å²) in [6, 6.07) is 4.82. The highest BCUT2D eigenvalue weighted by Gasteiger charge is 2.14. The minimum absolute atomic E-state index is 0.241. The Balaban J connectivity index is 2.36. The number of nitrogens with zero attached hydrogens (tertiary/aromatic N) is 2. The fraction of sp³-hybridized carbons (Fsp3) is 0.357. The highest BCUT2D eigenvalue weighted by molar-refractivity contribution is 9.10. The van der Waals surface area contributed by atoms with Crippen LogP contribution in [0.3, 0.4) is 0 Å². The van der Waals surface area contributed by atoms with E-state index in [4.69, 9.17) is 0 Å². The number of benzene rings is 1. The number of aromatic nitrogens is 2. The number of rotatable bonds is 5. The lowest BCUT2D eigenvalue weighted by Crippen LogP contribution is -2.41. The van der Waals surface area contributed by atoms with E-state index in [0.29, 0.717) is 12.2 Å². The molecule has 0 amide bonds. The molecule has 0 aliphatic carbocycles. The van der Waals surface area contributed by atoms with Crippen molar-refractivity contribution in [2.24, 2.45) is 5.92 Å². The van der Waals surface area contributed by atoms with Gasteiger partial charge in [0.2, 0.25) is 0 Å². The summed E-state index contributed by atoms with van der Waals surface area (Å²) in [5, 5.41) is 14.9. The van der Waals surface area contributed by atoms with E-state index in [2.05, 4.69) is 31.2 Å². The van der Waals surface area contributed by atoms with Crippen LogP contribution in [-0.2, 0) is 4.79 Å². The van der Waals surface area contributed by atoms with E-state index in [1.807, 2.05) is 32.0 Å². The predicted molar refractivity (Wildman–Crippen MR) is 79.1 cm³/mol. The summed E-state index contributed by atoms with van der Waals surface area (Å²) in [6.07, 6.45) is 1.89. The molecule has 0 bridgehead atoms. The summed E-state index contributed by atoms with van der Waals surface area (Å²) in [6.45, 7) is 3.93. The topological polar surface area (TPSA) is 77.9 Å². The molecule has 2 aromatic rings. The number of halogens is 1. The van der Waals surface area contributed by atoms with Gasteiger partial charge < -0.3 is 15.2 Å². The zero-order chi connectivity index (χ0) is 14.7. The quantitative estimate of drug-likeness (QED) is 0.903. The number of fused-ring (bicyclic) bond motifs is 1. The lowest BCUT2D eigenvalue weighted by molar-refractivity contribution is -0.307. The van der Waals surface area contributed by atoms with Crippen LogP contribution in [0.4, 0.5) is 5.82 Å². The van der Waals surface area contributed by atoms with Gasteiger partial charge in [-0.3, -0.25) is 0 Å². The van der Waals surface area contributed by atoms with Gasteiger partial charge in [0, 0.05) is 9.86 Å². The maximum absolute atomic E-state index is 11.2. The summed E-state index contributed by atoms with van der Waals surface area (Å²) < 4.78 is 0.886. The number of anilines is 1. The Morgan fingerprint density at radius 1 is 1.40 bits per heavy atom. The van der Waals surface area contributed by atoms with Crippen molar-refractivity contribution in [2.75, 3.05) is 5.32 Å². The van der Waals surface area contributed by atoms with Crippen molar-refractivity contribution in [3.8, 4) is 0 Å². The standard InChI is InChI=1S/C14H16BrN3O2/c1-8(2)5-12(14(19)20)18-13-10-6-9(15)3-4-11(10)16-7-17-13/h3-4,6-8,12H,5H2,1-2H3,(H,19,20)(H,16,17,18)/p-1/t12-/m1/s1. The summed E-state index contributed by atoms with van der Waals surface area (Å²) in [5.41, 5.74) is 0.757. The van der Waals surface area contributed by atoms with Crippen LogP contribution in [0.1, 0.15) is 20.3 Å². The Labute approximate surface area is 125 Å². The lowest BCUT2D eigenvalue weighted by atomic mass is 10.0. The normalized spacial score (nSPS) is 12.6. The molecule has 0 radical (unpaired) electrons. The van der Waals surface area contributed by atoms with Crippen LogP contribution < -0.4 is 10.4 Å². The van der Waals surface area contributed by atoms with Gasteiger partial charge in [-0.1, -0.05) is 29.8 Å². The second-order valence-electron chi connectivity index (χ2n) is 5.03. The van der Waals surface area contributed by atoms with Crippen LogP contribution in [0.25, 0.3) is 10.9 Å². The molecular weight excluding hydrogens is 322 g/mol. The summed E-state index contributed by atoms with van der Waals surface area (Å²) >= 11 is 3.39. The van der Waals surface area contributed by atoms with Crippen LogP contribution in [0.2, 0.25) is 0 Å². The number of carboxylic acid groups (broad SMARTS) is 1. The van der Waals surface area contributed by atoms with Crippen molar-refractivity contribution in [3.63, 3.8) is 0 Å². The van der Waals surface area contributed by atoms with Crippen molar-refractivity contribution >= 4 is 38.6 Å². The van der Waals surface area contributed by atoms with Crippen molar-refractivity contribution in [3.05, 3.63) is 29.0 Å². The van der Waals surface area contributed by atoms with Gasteiger partial charge >= 0.3 is 0 Å². The molecule has 0 saturated heterocycles. The Morgan fingerprint density at radius 2 is 2.15 bits per heavy atom. The Kier molecular flexibility index (Phi) is 4.54. The SMILES string of the molecule is CC(C)C[C@@H](Nc1ncnc2ccc(Br)cc12)C(=O)[O-]. The Morgan fingerprint density at radius 3 is 2.80 bits per heavy atom. The molecule has 20 heavy (non-hydrogen) atoms. The van der Waals surface area contributed by atoms with E-state index in [1.54, 1.807) is 0 Å². The lowest BCUT2D eigenvalue weighted by Gasteiger charge is -2.22. The average Bonchev–Trinajstić information content (AvgIpc) is 2.38. The van der Waals surface area contributed by atoms with Gasteiger partial charge in [0.15, 0.2) is 0 Å². The molecule has 0 unspecified atom stereocenters. The number of aliphatic carboxylic acids is 1. The molecule has 1 aromatic heterocycles. The Bertz CT molecular complexity index is 631. The van der Waals surface area contributed by atoms with Crippen molar-refractivity contribution in [1.82, 2.24) is 9.97 Å². The van der Waals surface area contributed by atoms with Gasteiger partial charge in [-0.05, 0) is 30.5 Å². The molecule has 0 spiro atoms. The molecule has 0 saturated carbocycles. The minimum atomic E-state index is -1.12. The van der Waals surface area contributed by atoms with Gasteiger partial charge in [-0.2, -0.15) is 0 Å². The maximum Gasteiger partial charge on any atom is 0.137 e. The number of carboxylic acids is 1. The fourth-order valence-corrected chi connectivity index (χ4v) is 2.36. The van der Waals surface area contributed by atoms with Crippen molar-refractivity contribution < 1.29 is 9.90 Å². The van der Waals surface area contributed by atoms with Crippen LogP contribution >= 0.6 is 15.9 Å².